The van der Waals surface area contributed by atoms with Crippen LogP contribution in [0, 0.1) is 11.7 Å². The maximum absolute atomic E-state index is 5.98. The summed E-state index contributed by atoms with van der Waals surface area (Å²) in [6, 6.07) is 0.376. The molecule has 2 aromatic rings. The van der Waals surface area contributed by atoms with Crippen LogP contribution in [0.25, 0.3) is 11.2 Å². The monoisotopic (exact) mass is 278 g/mol. The smallest absolute Gasteiger partial charge is 0.179 e. The van der Waals surface area contributed by atoms with Crippen molar-refractivity contribution in [3.05, 3.63) is 10.5 Å². The van der Waals surface area contributed by atoms with Crippen molar-refractivity contribution in [2.75, 3.05) is 0 Å². The van der Waals surface area contributed by atoms with Crippen LogP contribution in [0.3, 0.4) is 0 Å². The number of ether oxygens (including phenoxy) is 1. The van der Waals surface area contributed by atoms with Gasteiger partial charge in [-0.25, -0.2) is 4.68 Å². The number of hydrogen-bond acceptors (Lipinski definition) is 3. The fourth-order valence-corrected chi connectivity index (χ4v) is 3.96. The molecule has 2 aliphatic rings. The van der Waals surface area contributed by atoms with Crippen molar-refractivity contribution in [2.45, 2.75) is 57.9 Å². The van der Waals surface area contributed by atoms with E-state index in [-0.39, 0.29) is 0 Å². The summed E-state index contributed by atoms with van der Waals surface area (Å²) in [5.74, 6) is 0. The summed E-state index contributed by atoms with van der Waals surface area (Å²) in [5.41, 5.74) is 3.23. The first-order chi connectivity index (χ1) is 9.19. The highest BCUT2D eigenvalue weighted by molar-refractivity contribution is 7.71. The Kier molecular flexibility index (Phi) is 2.41. The Balaban J connectivity index is 1.93. The molecule has 0 aliphatic carbocycles. The van der Waals surface area contributed by atoms with Gasteiger partial charge in [-0.15, -0.1) is 0 Å². The van der Waals surface area contributed by atoms with Gasteiger partial charge in [0.05, 0.1) is 23.9 Å². The van der Waals surface area contributed by atoms with Crippen LogP contribution in [0.1, 0.15) is 37.9 Å². The molecule has 2 fully saturated rings. The molecule has 0 aromatic carbocycles. The van der Waals surface area contributed by atoms with Gasteiger partial charge in [0.15, 0.2) is 10.4 Å². The third-order valence-electron chi connectivity index (χ3n) is 4.48. The zero-order valence-corrected chi connectivity index (χ0v) is 12.0. The second-order valence-electron chi connectivity index (χ2n) is 5.58. The Morgan fingerprint density at radius 2 is 2.32 bits per heavy atom. The first-order valence-corrected chi connectivity index (χ1v) is 7.43. The van der Waals surface area contributed by atoms with Crippen molar-refractivity contribution in [1.29, 1.82) is 0 Å². The predicted octanol–water partition coefficient (Wildman–Crippen LogP) is 2.72. The Bertz CT molecular complexity index is 697. The molecule has 5 nitrogen and oxygen atoms in total. The molecule has 4 rings (SSSR count). The molecule has 6 heteroatoms. The summed E-state index contributed by atoms with van der Waals surface area (Å²) in [7, 11) is 0. The standard InChI is InChI=1S/C13H18N4OS/c1-3-16-12-11(7(2)15-16)14-13(19)17(12)9-6-8-4-5-10(9)18-8/h8-10H,3-6H2,1-2H3,(H,14,19). The highest BCUT2D eigenvalue weighted by atomic mass is 32.1. The molecule has 0 saturated carbocycles. The van der Waals surface area contributed by atoms with Gasteiger partial charge in [-0.1, -0.05) is 0 Å². The SMILES string of the molecule is CCn1nc(C)c2[nH]c(=S)n(C3CC4CCC3O4)c21. The number of rotatable bonds is 2. The largest absolute Gasteiger partial charge is 0.373 e. The second kappa shape index (κ2) is 3.93. The molecule has 3 atom stereocenters. The van der Waals surface area contributed by atoms with Crippen molar-refractivity contribution in [3.8, 4) is 0 Å². The van der Waals surface area contributed by atoms with Gasteiger partial charge in [0.2, 0.25) is 0 Å². The lowest BCUT2D eigenvalue weighted by Gasteiger charge is -2.21. The van der Waals surface area contributed by atoms with Gasteiger partial charge in [0.1, 0.15) is 5.52 Å². The Morgan fingerprint density at radius 3 is 2.95 bits per heavy atom. The van der Waals surface area contributed by atoms with E-state index >= 15 is 0 Å². The van der Waals surface area contributed by atoms with Crippen LogP contribution in [-0.4, -0.2) is 31.5 Å². The minimum absolute atomic E-state index is 0.330. The molecule has 3 unspecified atom stereocenters. The highest BCUT2D eigenvalue weighted by Gasteiger charge is 2.43. The second-order valence-corrected chi connectivity index (χ2v) is 5.96. The van der Waals surface area contributed by atoms with Crippen molar-refractivity contribution >= 4 is 23.4 Å². The molecule has 2 saturated heterocycles. The predicted molar refractivity (Wildman–Crippen MR) is 74.9 cm³/mol. The van der Waals surface area contributed by atoms with E-state index in [1.54, 1.807) is 0 Å². The number of nitrogens with one attached hydrogen (secondary N) is 1. The molecule has 2 aliphatic heterocycles. The molecule has 1 N–H and O–H groups in total. The Morgan fingerprint density at radius 1 is 1.47 bits per heavy atom. The molecular weight excluding hydrogens is 260 g/mol. The lowest BCUT2D eigenvalue weighted by Crippen LogP contribution is -2.22. The fraction of sp³-hybridized carbons (Fsp3) is 0.692. The van der Waals surface area contributed by atoms with Gasteiger partial charge in [0.25, 0.3) is 0 Å². The van der Waals surface area contributed by atoms with Gasteiger partial charge in [0, 0.05) is 6.54 Å². The number of aromatic nitrogens is 4. The summed E-state index contributed by atoms with van der Waals surface area (Å²) in [4.78, 5) is 3.33. The molecule has 0 amide bonds. The van der Waals surface area contributed by atoms with E-state index in [1.807, 2.05) is 11.6 Å². The van der Waals surface area contributed by atoms with Crippen molar-refractivity contribution in [3.63, 3.8) is 0 Å². The summed E-state index contributed by atoms with van der Waals surface area (Å²) in [5, 5.41) is 4.58. The first kappa shape index (κ1) is 11.7. The van der Waals surface area contributed by atoms with Crippen LogP contribution in [-0.2, 0) is 11.3 Å². The summed E-state index contributed by atoms with van der Waals surface area (Å²) in [6.45, 7) is 5.00. The fourth-order valence-electron chi connectivity index (χ4n) is 3.63. The van der Waals surface area contributed by atoms with Crippen molar-refractivity contribution < 1.29 is 4.74 Å². The van der Waals surface area contributed by atoms with Gasteiger partial charge >= 0.3 is 0 Å². The summed E-state index contributed by atoms with van der Waals surface area (Å²) in [6.07, 6.45) is 4.20. The van der Waals surface area contributed by atoms with E-state index in [0.29, 0.717) is 18.2 Å². The lowest BCUT2D eigenvalue weighted by molar-refractivity contribution is 0.0940. The van der Waals surface area contributed by atoms with Gasteiger partial charge in [-0.3, -0.25) is 4.57 Å². The molecule has 19 heavy (non-hydrogen) atoms. The lowest BCUT2D eigenvalue weighted by atomic mass is 9.95. The van der Waals surface area contributed by atoms with E-state index < -0.39 is 0 Å². The van der Waals surface area contributed by atoms with Crippen LogP contribution in [0.5, 0.6) is 0 Å². The van der Waals surface area contributed by atoms with Crippen LogP contribution in [0.15, 0.2) is 0 Å². The molecule has 4 heterocycles. The first-order valence-electron chi connectivity index (χ1n) is 7.02. The van der Waals surface area contributed by atoms with Crippen LogP contribution >= 0.6 is 12.2 Å². The van der Waals surface area contributed by atoms with E-state index in [4.69, 9.17) is 17.0 Å². The number of H-pyrrole nitrogens is 1. The third kappa shape index (κ3) is 1.50. The minimum Gasteiger partial charge on any atom is -0.373 e. The van der Waals surface area contributed by atoms with Gasteiger partial charge < -0.3 is 9.72 Å². The molecule has 2 bridgehead atoms. The molecule has 2 aromatic heterocycles. The minimum atomic E-state index is 0.330. The molecular formula is C13H18N4OS. The zero-order valence-electron chi connectivity index (χ0n) is 11.2. The average molecular weight is 278 g/mol. The maximum Gasteiger partial charge on any atom is 0.179 e. The number of aryl methyl sites for hydroxylation is 2. The number of hydrogen-bond donors (Lipinski definition) is 1. The number of fused-ring (bicyclic) bond motifs is 3. The molecule has 0 spiro atoms. The Labute approximate surface area is 116 Å². The van der Waals surface area contributed by atoms with E-state index in [1.165, 1.54) is 6.42 Å². The van der Waals surface area contributed by atoms with E-state index in [0.717, 1.165) is 41.0 Å². The van der Waals surface area contributed by atoms with E-state index in [2.05, 4.69) is 21.6 Å². The van der Waals surface area contributed by atoms with E-state index in [9.17, 15) is 0 Å². The van der Waals surface area contributed by atoms with Crippen LogP contribution < -0.4 is 0 Å². The highest BCUT2D eigenvalue weighted by Crippen LogP contribution is 2.43. The Hall–Kier alpha value is -1.14. The summed E-state index contributed by atoms with van der Waals surface area (Å²) < 4.78 is 11.1. The zero-order chi connectivity index (χ0) is 13.1. The van der Waals surface area contributed by atoms with Gasteiger partial charge in [-0.05, 0) is 45.3 Å². The van der Waals surface area contributed by atoms with Crippen LogP contribution in [0.4, 0.5) is 0 Å². The average Bonchev–Trinajstić information content (AvgIpc) is 3.11. The third-order valence-corrected chi connectivity index (χ3v) is 4.78. The number of aromatic amines is 1. The number of imidazole rings is 1. The molecule has 102 valence electrons. The summed E-state index contributed by atoms with van der Waals surface area (Å²) >= 11 is 5.54. The maximum atomic E-state index is 5.98. The van der Waals surface area contributed by atoms with Gasteiger partial charge in [-0.2, -0.15) is 5.10 Å². The van der Waals surface area contributed by atoms with Crippen molar-refractivity contribution in [2.24, 2.45) is 0 Å². The topological polar surface area (TPSA) is 47.8 Å². The van der Waals surface area contributed by atoms with Crippen LogP contribution in [0.2, 0.25) is 0 Å². The number of nitrogens with zero attached hydrogens (tertiary/aromatic N) is 3. The quantitative estimate of drug-likeness (QED) is 0.859. The normalized spacial score (nSPS) is 29.7. The van der Waals surface area contributed by atoms with Crippen molar-refractivity contribution in [1.82, 2.24) is 19.3 Å². The molecule has 0 radical (unpaired) electrons.